The lowest BCUT2D eigenvalue weighted by Crippen LogP contribution is -2.20. The first-order chi connectivity index (χ1) is 13.3. The van der Waals surface area contributed by atoms with Gasteiger partial charge in [0, 0.05) is 5.69 Å². The van der Waals surface area contributed by atoms with E-state index in [2.05, 4.69) is 10.6 Å². The third-order valence-electron chi connectivity index (χ3n) is 3.94. The molecule has 0 spiro atoms. The lowest BCUT2D eigenvalue weighted by atomic mass is 10.1. The summed E-state index contributed by atoms with van der Waals surface area (Å²) in [6, 6.07) is 5.97. The van der Waals surface area contributed by atoms with E-state index >= 15 is 0 Å². The fraction of sp³-hybridized carbons (Fsp3) is 0.350. The van der Waals surface area contributed by atoms with Crippen LogP contribution in [0.25, 0.3) is 0 Å². The summed E-state index contributed by atoms with van der Waals surface area (Å²) in [4.78, 5) is 25.0. The maximum atomic E-state index is 12.4. The number of ether oxygens (including phenoxy) is 2. The van der Waals surface area contributed by atoms with Crippen LogP contribution in [0, 0.1) is 20.8 Å². The van der Waals surface area contributed by atoms with Gasteiger partial charge in [-0.1, -0.05) is 17.7 Å². The average molecular weight is 421 g/mol. The molecule has 0 saturated carbocycles. The summed E-state index contributed by atoms with van der Waals surface area (Å²) in [6.45, 7) is 9.63. The van der Waals surface area contributed by atoms with Crippen LogP contribution in [0.4, 0.5) is 10.7 Å². The largest absolute Gasteiger partial charge is 0.462 e. The van der Waals surface area contributed by atoms with Gasteiger partial charge in [-0.3, -0.25) is 0 Å². The van der Waals surface area contributed by atoms with Crippen LogP contribution in [0.1, 0.15) is 50.6 Å². The van der Waals surface area contributed by atoms with Crippen LogP contribution in [0.5, 0.6) is 0 Å². The predicted octanol–water partition coefficient (Wildman–Crippen LogP) is 4.84. The standard InChI is InChI=1S/C20H24N2O4S2/c1-6-25-18(23)15-13(5)16(19(24)26-7-2)28-17(15)22-20(27)21-14-9-8-11(3)10-12(14)4/h8-10H,6-7H2,1-5H3,(H2,21,22,27). The Morgan fingerprint density at radius 3 is 2.29 bits per heavy atom. The molecule has 0 aliphatic carbocycles. The molecule has 1 heterocycles. The number of nitrogens with one attached hydrogen (secondary N) is 2. The van der Waals surface area contributed by atoms with Crippen molar-refractivity contribution in [3.63, 3.8) is 0 Å². The molecule has 0 fully saturated rings. The molecule has 2 N–H and O–H groups in total. The van der Waals surface area contributed by atoms with Gasteiger partial charge in [0.05, 0.1) is 18.8 Å². The Morgan fingerprint density at radius 1 is 1.04 bits per heavy atom. The van der Waals surface area contributed by atoms with Crippen molar-refractivity contribution in [1.29, 1.82) is 0 Å². The summed E-state index contributed by atoms with van der Waals surface area (Å²) in [5.74, 6) is -0.986. The Balaban J connectivity index is 2.31. The van der Waals surface area contributed by atoms with Gasteiger partial charge in [0.1, 0.15) is 9.88 Å². The van der Waals surface area contributed by atoms with E-state index in [0.29, 0.717) is 26.1 Å². The second kappa shape index (κ2) is 9.66. The van der Waals surface area contributed by atoms with Gasteiger partial charge in [-0.25, -0.2) is 9.59 Å². The monoisotopic (exact) mass is 420 g/mol. The number of benzene rings is 1. The summed E-state index contributed by atoms with van der Waals surface area (Å²) < 4.78 is 10.2. The Labute approximate surface area is 174 Å². The minimum absolute atomic E-state index is 0.230. The van der Waals surface area contributed by atoms with Crippen LogP contribution >= 0.6 is 23.6 Å². The Kier molecular flexibility index (Phi) is 7.53. The molecule has 0 aliphatic heterocycles. The first-order valence-corrected chi connectivity index (χ1v) is 10.1. The lowest BCUT2D eigenvalue weighted by Gasteiger charge is -2.13. The lowest BCUT2D eigenvalue weighted by molar-refractivity contribution is 0.0527. The molecule has 1 aromatic carbocycles. The number of rotatable bonds is 6. The van der Waals surface area contributed by atoms with E-state index in [1.165, 1.54) is 0 Å². The fourth-order valence-corrected chi connectivity index (χ4v) is 4.02. The quantitative estimate of drug-likeness (QED) is 0.512. The fourth-order valence-electron chi connectivity index (χ4n) is 2.65. The summed E-state index contributed by atoms with van der Waals surface area (Å²) >= 11 is 6.53. The summed E-state index contributed by atoms with van der Waals surface area (Å²) in [6.07, 6.45) is 0. The first kappa shape index (κ1) is 21.8. The normalized spacial score (nSPS) is 10.3. The molecule has 0 aliphatic rings. The molecular weight excluding hydrogens is 396 g/mol. The van der Waals surface area contributed by atoms with Crippen LogP contribution in [0.3, 0.4) is 0 Å². The van der Waals surface area contributed by atoms with E-state index in [1.807, 2.05) is 32.0 Å². The third-order valence-corrected chi connectivity index (χ3v) is 5.34. The Bertz CT molecular complexity index is 906. The summed E-state index contributed by atoms with van der Waals surface area (Å²) in [7, 11) is 0. The predicted molar refractivity (Wildman–Crippen MR) is 117 cm³/mol. The van der Waals surface area contributed by atoms with Crippen molar-refractivity contribution in [2.45, 2.75) is 34.6 Å². The highest BCUT2D eigenvalue weighted by Gasteiger charge is 2.26. The average Bonchev–Trinajstić information content (AvgIpc) is 2.94. The molecule has 0 radical (unpaired) electrons. The van der Waals surface area contributed by atoms with Gasteiger partial charge in [0.15, 0.2) is 5.11 Å². The smallest absolute Gasteiger partial charge is 0.348 e. The van der Waals surface area contributed by atoms with Crippen LogP contribution < -0.4 is 10.6 Å². The van der Waals surface area contributed by atoms with E-state index in [4.69, 9.17) is 21.7 Å². The number of hydrogen-bond donors (Lipinski definition) is 2. The SMILES string of the molecule is CCOC(=O)c1sc(NC(=S)Nc2ccc(C)cc2C)c(C(=O)OCC)c1C. The molecule has 8 heteroatoms. The van der Waals surface area contributed by atoms with Crippen LogP contribution in [-0.4, -0.2) is 30.3 Å². The summed E-state index contributed by atoms with van der Waals surface area (Å²) in [5, 5.41) is 6.91. The van der Waals surface area contributed by atoms with Gasteiger partial charge in [-0.2, -0.15) is 0 Å². The second-order valence-corrected chi connectivity index (χ2v) is 7.53. The van der Waals surface area contributed by atoms with E-state index in [0.717, 1.165) is 28.2 Å². The minimum atomic E-state index is -0.511. The number of thiocarbonyl (C=S) groups is 1. The van der Waals surface area contributed by atoms with E-state index in [1.54, 1.807) is 20.8 Å². The van der Waals surface area contributed by atoms with Crippen LogP contribution in [0.15, 0.2) is 18.2 Å². The molecule has 2 rings (SSSR count). The van der Waals surface area contributed by atoms with Gasteiger partial charge in [-0.15, -0.1) is 11.3 Å². The number of esters is 2. The molecule has 1 aromatic heterocycles. The van der Waals surface area contributed by atoms with Crippen molar-refractivity contribution in [2.75, 3.05) is 23.8 Å². The molecule has 6 nitrogen and oxygen atoms in total. The van der Waals surface area contributed by atoms with Crippen molar-refractivity contribution >= 4 is 51.3 Å². The number of carbonyl (C=O) groups is 2. The van der Waals surface area contributed by atoms with Gasteiger partial charge in [0.25, 0.3) is 0 Å². The van der Waals surface area contributed by atoms with Gasteiger partial charge < -0.3 is 20.1 Å². The van der Waals surface area contributed by atoms with E-state index in [-0.39, 0.29) is 13.2 Å². The van der Waals surface area contributed by atoms with Crippen molar-refractivity contribution in [3.05, 3.63) is 45.3 Å². The minimum Gasteiger partial charge on any atom is -0.462 e. The highest BCUT2D eigenvalue weighted by molar-refractivity contribution is 7.80. The molecule has 150 valence electrons. The number of anilines is 2. The third kappa shape index (κ3) is 5.08. The molecule has 0 amide bonds. The highest BCUT2D eigenvalue weighted by Crippen LogP contribution is 2.34. The number of hydrogen-bond acceptors (Lipinski definition) is 6. The summed E-state index contributed by atoms with van der Waals surface area (Å²) in [5.41, 5.74) is 3.86. The van der Waals surface area contributed by atoms with Crippen molar-refractivity contribution in [2.24, 2.45) is 0 Å². The Hall–Kier alpha value is -2.45. The number of carbonyl (C=O) groups excluding carboxylic acids is 2. The zero-order valence-electron chi connectivity index (χ0n) is 16.6. The number of thiophene rings is 1. The van der Waals surface area contributed by atoms with Crippen molar-refractivity contribution < 1.29 is 19.1 Å². The number of aryl methyl sites for hydroxylation is 2. The molecule has 0 unspecified atom stereocenters. The van der Waals surface area contributed by atoms with Gasteiger partial charge in [-0.05, 0) is 64.0 Å². The molecular formula is C20H24N2O4S2. The maximum Gasteiger partial charge on any atom is 0.348 e. The first-order valence-electron chi connectivity index (χ1n) is 8.91. The molecule has 2 aromatic rings. The van der Waals surface area contributed by atoms with Crippen LogP contribution in [0.2, 0.25) is 0 Å². The molecule has 28 heavy (non-hydrogen) atoms. The van der Waals surface area contributed by atoms with Crippen molar-refractivity contribution in [3.8, 4) is 0 Å². The Morgan fingerprint density at radius 2 is 1.68 bits per heavy atom. The molecule has 0 atom stereocenters. The van der Waals surface area contributed by atoms with Gasteiger partial charge in [0.2, 0.25) is 0 Å². The zero-order valence-corrected chi connectivity index (χ0v) is 18.2. The van der Waals surface area contributed by atoms with E-state index < -0.39 is 11.9 Å². The molecule has 0 bridgehead atoms. The zero-order chi connectivity index (χ0) is 20.8. The van der Waals surface area contributed by atoms with E-state index in [9.17, 15) is 9.59 Å². The second-order valence-electron chi connectivity index (χ2n) is 6.10. The topological polar surface area (TPSA) is 76.7 Å². The van der Waals surface area contributed by atoms with Crippen molar-refractivity contribution in [1.82, 2.24) is 0 Å². The highest BCUT2D eigenvalue weighted by atomic mass is 32.1. The van der Waals surface area contributed by atoms with Crippen LogP contribution in [-0.2, 0) is 9.47 Å². The van der Waals surface area contributed by atoms with Gasteiger partial charge >= 0.3 is 11.9 Å². The molecule has 0 saturated heterocycles. The maximum absolute atomic E-state index is 12.4.